The summed E-state index contributed by atoms with van der Waals surface area (Å²) in [4.78, 5) is 23.4. The van der Waals surface area contributed by atoms with E-state index in [-0.39, 0.29) is 30.5 Å². The quantitative estimate of drug-likeness (QED) is 0.292. The highest BCUT2D eigenvalue weighted by atomic mass is 32.1. The van der Waals surface area contributed by atoms with Crippen LogP contribution in [-0.4, -0.2) is 50.5 Å². The summed E-state index contributed by atoms with van der Waals surface area (Å²) in [5.41, 5.74) is 0.658. The fourth-order valence-electron chi connectivity index (χ4n) is 2.38. The average Bonchev–Trinajstić information content (AvgIpc) is 2.76. The predicted molar refractivity (Wildman–Crippen MR) is 120 cm³/mol. The first-order chi connectivity index (χ1) is 15.1. The van der Waals surface area contributed by atoms with Crippen molar-refractivity contribution in [2.24, 2.45) is 0 Å². The molecule has 0 saturated heterocycles. The molecule has 0 aromatic heterocycles. The first-order valence-electron chi connectivity index (χ1n) is 9.73. The minimum Gasteiger partial charge on any atom is -0.490 e. The van der Waals surface area contributed by atoms with Crippen molar-refractivity contribution in [1.29, 1.82) is 0 Å². The number of thiocarbonyl (C=S) groups is 1. The van der Waals surface area contributed by atoms with E-state index in [1.807, 2.05) is 36.4 Å². The molecule has 0 spiro atoms. The maximum atomic E-state index is 11.9. The lowest BCUT2D eigenvalue weighted by Gasteiger charge is -2.12. The van der Waals surface area contributed by atoms with Crippen LogP contribution in [0.2, 0.25) is 0 Å². The van der Waals surface area contributed by atoms with Crippen LogP contribution in [0.4, 0.5) is 5.69 Å². The molecule has 8 nitrogen and oxygen atoms in total. The summed E-state index contributed by atoms with van der Waals surface area (Å²) in [6.45, 7) is 1.26. The van der Waals surface area contributed by atoms with E-state index >= 15 is 0 Å². The van der Waals surface area contributed by atoms with Crippen molar-refractivity contribution >= 4 is 34.9 Å². The van der Waals surface area contributed by atoms with Crippen molar-refractivity contribution in [2.75, 3.05) is 38.9 Å². The van der Waals surface area contributed by atoms with Gasteiger partial charge in [-0.15, -0.1) is 0 Å². The lowest BCUT2D eigenvalue weighted by atomic mass is 10.3. The second-order valence-corrected chi connectivity index (χ2v) is 6.66. The van der Waals surface area contributed by atoms with Gasteiger partial charge in [-0.25, -0.2) is 0 Å². The number of hydrogen-bond donors (Lipinski definition) is 2. The Kier molecular flexibility index (Phi) is 10.8. The zero-order valence-corrected chi connectivity index (χ0v) is 18.1. The number of carbonyl (C=O) groups excluding carboxylic acids is 2. The molecular weight excluding hydrogens is 420 g/mol. The van der Waals surface area contributed by atoms with Gasteiger partial charge in [-0.05, 0) is 36.5 Å². The van der Waals surface area contributed by atoms with E-state index in [0.29, 0.717) is 31.3 Å². The standard InChI is InChI=1S/C22H26N2O6S/c1-27-12-13-30-21(26)11-10-20(25)24-22(31)23-17-6-5-9-19(16-17)29-15-14-28-18-7-3-2-4-8-18/h2-9,16H,10-15H2,1H3,(H2,23,24,25,31). The summed E-state index contributed by atoms with van der Waals surface area (Å²) >= 11 is 5.14. The molecule has 31 heavy (non-hydrogen) atoms. The Labute approximate surface area is 186 Å². The number of hydrogen-bond acceptors (Lipinski definition) is 7. The number of amides is 1. The Morgan fingerprint density at radius 2 is 1.58 bits per heavy atom. The number of rotatable bonds is 12. The maximum absolute atomic E-state index is 11.9. The zero-order valence-electron chi connectivity index (χ0n) is 17.3. The van der Waals surface area contributed by atoms with Gasteiger partial charge in [0.15, 0.2) is 5.11 Å². The molecule has 2 aromatic rings. The second-order valence-electron chi connectivity index (χ2n) is 6.25. The van der Waals surface area contributed by atoms with E-state index < -0.39 is 5.97 Å². The average molecular weight is 447 g/mol. The monoisotopic (exact) mass is 446 g/mol. The highest BCUT2D eigenvalue weighted by Crippen LogP contribution is 2.17. The molecule has 0 bridgehead atoms. The third kappa shape index (κ3) is 10.4. The van der Waals surface area contributed by atoms with Crippen LogP contribution < -0.4 is 20.1 Å². The van der Waals surface area contributed by atoms with Crippen LogP contribution in [0.3, 0.4) is 0 Å². The van der Waals surface area contributed by atoms with Gasteiger partial charge in [0.25, 0.3) is 0 Å². The lowest BCUT2D eigenvalue weighted by molar-refractivity contribution is -0.146. The first-order valence-corrected chi connectivity index (χ1v) is 10.1. The SMILES string of the molecule is COCCOC(=O)CCC(=O)NC(=S)Nc1cccc(OCCOc2ccccc2)c1. The third-order valence-electron chi connectivity index (χ3n) is 3.82. The summed E-state index contributed by atoms with van der Waals surface area (Å²) in [5, 5.41) is 5.57. The fraction of sp³-hybridized carbons (Fsp3) is 0.318. The van der Waals surface area contributed by atoms with E-state index in [2.05, 4.69) is 10.6 Å². The summed E-state index contributed by atoms with van der Waals surface area (Å²) in [6, 6.07) is 16.7. The predicted octanol–water partition coefficient (Wildman–Crippen LogP) is 2.93. The third-order valence-corrected chi connectivity index (χ3v) is 4.02. The van der Waals surface area contributed by atoms with Crippen molar-refractivity contribution in [3.8, 4) is 11.5 Å². The molecule has 0 heterocycles. The molecule has 166 valence electrons. The van der Waals surface area contributed by atoms with Crippen LogP contribution in [0.15, 0.2) is 54.6 Å². The van der Waals surface area contributed by atoms with Gasteiger partial charge in [0.1, 0.15) is 31.3 Å². The number of methoxy groups -OCH3 is 1. The maximum Gasteiger partial charge on any atom is 0.306 e. The summed E-state index contributed by atoms with van der Waals surface area (Å²) in [7, 11) is 1.51. The van der Waals surface area contributed by atoms with E-state index in [4.69, 9.17) is 31.2 Å². The van der Waals surface area contributed by atoms with Crippen LogP contribution in [0, 0.1) is 0 Å². The van der Waals surface area contributed by atoms with Gasteiger partial charge >= 0.3 is 5.97 Å². The molecule has 0 aliphatic rings. The number of nitrogens with one attached hydrogen (secondary N) is 2. The molecule has 1 amide bonds. The normalized spacial score (nSPS) is 10.1. The highest BCUT2D eigenvalue weighted by molar-refractivity contribution is 7.80. The number of benzene rings is 2. The van der Waals surface area contributed by atoms with Crippen LogP contribution >= 0.6 is 12.2 Å². The molecule has 2 rings (SSSR count). The van der Waals surface area contributed by atoms with Crippen molar-refractivity contribution in [3.05, 3.63) is 54.6 Å². The number of para-hydroxylation sites is 1. The van der Waals surface area contributed by atoms with Gasteiger partial charge in [-0.2, -0.15) is 0 Å². The smallest absolute Gasteiger partial charge is 0.306 e. The first kappa shape index (κ1) is 24.1. The number of ether oxygens (including phenoxy) is 4. The van der Waals surface area contributed by atoms with Crippen LogP contribution in [0.25, 0.3) is 0 Å². The van der Waals surface area contributed by atoms with Gasteiger partial charge in [0.2, 0.25) is 5.91 Å². The largest absolute Gasteiger partial charge is 0.490 e. The van der Waals surface area contributed by atoms with E-state index in [1.165, 1.54) is 7.11 Å². The van der Waals surface area contributed by atoms with Crippen molar-refractivity contribution < 1.29 is 28.5 Å². The van der Waals surface area contributed by atoms with Gasteiger partial charge in [-0.1, -0.05) is 24.3 Å². The topological polar surface area (TPSA) is 95.1 Å². The molecule has 0 radical (unpaired) electrons. The van der Waals surface area contributed by atoms with Crippen molar-refractivity contribution in [3.63, 3.8) is 0 Å². The molecule has 9 heteroatoms. The Balaban J connectivity index is 1.68. The van der Waals surface area contributed by atoms with E-state index in [1.54, 1.807) is 18.2 Å². The van der Waals surface area contributed by atoms with Gasteiger partial charge in [0, 0.05) is 25.3 Å². The molecule has 0 fully saturated rings. The zero-order chi connectivity index (χ0) is 22.3. The van der Waals surface area contributed by atoms with Crippen molar-refractivity contribution in [1.82, 2.24) is 5.32 Å². The minimum atomic E-state index is -0.466. The second kappa shape index (κ2) is 13.9. The van der Waals surface area contributed by atoms with Gasteiger partial charge in [0.05, 0.1) is 13.0 Å². The summed E-state index contributed by atoms with van der Waals surface area (Å²) < 4.78 is 20.9. The van der Waals surface area contributed by atoms with Crippen LogP contribution in [-0.2, 0) is 19.1 Å². The number of anilines is 1. The molecule has 2 N–H and O–H groups in total. The van der Waals surface area contributed by atoms with Crippen LogP contribution in [0.5, 0.6) is 11.5 Å². The molecular formula is C22H26N2O6S. The molecule has 0 saturated carbocycles. The molecule has 0 aliphatic carbocycles. The van der Waals surface area contributed by atoms with E-state index in [9.17, 15) is 9.59 Å². The molecule has 0 unspecified atom stereocenters. The summed E-state index contributed by atoms with van der Waals surface area (Å²) in [5.74, 6) is 0.569. The Morgan fingerprint density at radius 1 is 0.871 bits per heavy atom. The molecule has 0 atom stereocenters. The minimum absolute atomic E-state index is 0.0296. The summed E-state index contributed by atoms with van der Waals surface area (Å²) in [6.07, 6.45) is -0.0647. The Hall–Kier alpha value is -3.17. The number of carbonyl (C=O) groups is 2. The highest BCUT2D eigenvalue weighted by Gasteiger charge is 2.10. The molecule has 0 aliphatic heterocycles. The van der Waals surface area contributed by atoms with E-state index in [0.717, 1.165) is 5.75 Å². The molecule has 2 aromatic carbocycles. The number of esters is 1. The Morgan fingerprint density at radius 3 is 2.32 bits per heavy atom. The van der Waals surface area contributed by atoms with Gasteiger partial charge < -0.3 is 29.6 Å². The van der Waals surface area contributed by atoms with Crippen LogP contribution in [0.1, 0.15) is 12.8 Å². The van der Waals surface area contributed by atoms with Gasteiger partial charge in [-0.3, -0.25) is 9.59 Å². The van der Waals surface area contributed by atoms with Crippen molar-refractivity contribution in [2.45, 2.75) is 12.8 Å². The lowest BCUT2D eigenvalue weighted by Crippen LogP contribution is -2.34. The fourth-order valence-corrected chi connectivity index (χ4v) is 2.61. The Bertz CT molecular complexity index is 847.